The SMILES string of the molecule is CCCC(CNC(C)C)N1CCOC(CC)C1. The molecule has 0 aromatic heterocycles. The molecule has 0 bridgehead atoms. The van der Waals surface area contributed by atoms with E-state index in [0.717, 1.165) is 32.7 Å². The molecule has 1 saturated heterocycles. The summed E-state index contributed by atoms with van der Waals surface area (Å²) in [6.45, 7) is 13.2. The van der Waals surface area contributed by atoms with E-state index in [9.17, 15) is 0 Å². The van der Waals surface area contributed by atoms with Gasteiger partial charge in [0, 0.05) is 31.7 Å². The second-order valence-corrected chi connectivity index (χ2v) is 5.40. The molecule has 2 atom stereocenters. The Hall–Kier alpha value is -0.120. The molecule has 1 fully saturated rings. The molecule has 1 heterocycles. The molecular weight excluding hydrogens is 212 g/mol. The summed E-state index contributed by atoms with van der Waals surface area (Å²) in [5.41, 5.74) is 0. The monoisotopic (exact) mass is 242 g/mol. The largest absolute Gasteiger partial charge is 0.376 e. The predicted molar refractivity (Wildman–Crippen MR) is 73.4 cm³/mol. The number of hydrogen-bond donors (Lipinski definition) is 1. The van der Waals surface area contributed by atoms with Crippen molar-refractivity contribution in [2.24, 2.45) is 0 Å². The van der Waals surface area contributed by atoms with Crippen molar-refractivity contribution in [3.63, 3.8) is 0 Å². The average Bonchev–Trinajstić information content (AvgIpc) is 2.34. The van der Waals surface area contributed by atoms with Crippen molar-refractivity contribution >= 4 is 0 Å². The van der Waals surface area contributed by atoms with Gasteiger partial charge in [0.1, 0.15) is 0 Å². The van der Waals surface area contributed by atoms with Crippen molar-refractivity contribution < 1.29 is 4.74 Å². The Bertz CT molecular complexity index is 197. The molecule has 1 aliphatic rings. The van der Waals surface area contributed by atoms with E-state index in [0.29, 0.717) is 18.2 Å². The molecule has 3 heteroatoms. The lowest BCUT2D eigenvalue weighted by atomic mass is 10.1. The maximum atomic E-state index is 5.75. The van der Waals surface area contributed by atoms with E-state index < -0.39 is 0 Å². The minimum Gasteiger partial charge on any atom is -0.376 e. The molecule has 0 spiro atoms. The van der Waals surface area contributed by atoms with Crippen LogP contribution in [-0.4, -0.2) is 49.3 Å². The van der Waals surface area contributed by atoms with Gasteiger partial charge in [0.2, 0.25) is 0 Å². The molecule has 0 aromatic carbocycles. The van der Waals surface area contributed by atoms with Gasteiger partial charge in [0.25, 0.3) is 0 Å². The fraction of sp³-hybridized carbons (Fsp3) is 1.00. The first-order chi connectivity index (χ1) is 8.17. The Kier molecular flexibility index (Phi) is 7.09. The Morgan fingerprint density at radius 3 is 2.71 bits per heavy atom. The quantitative estimate of drug-likeness (QED) is 0.741. The minimum atomic E-state index is 0.446. The van der Waals surface area contributed by atoms with Crippen molar-refractivity contribution in [2.45, 2.75) is 65.1 Å². The first-order valence-corrected chi connectivity index (χ1v) is 7.26. The summed E-state index contributed by atoms with van der Waals surface area (Å²) in [7, 11) is 0. The fourth-order valence-corrected chi connectivity index (χ4v) is 2.44. The fourth-order valence-electron chi connectivity index (χ4n) is 2.44. The van der Waals surface area contributed by atoms with Crippen LogP contribution < -0.4 is 5.32 Å². The average molecular weight is 242 g/mol. The minimum absolute atomic E-state index is 0.446. The zero-order valence-corrected chi connectivity index (χ0v) is 12.0. The number of nitrogens with zero attached hydrogens (tertiary/aromatic N) is 1. The molecule has 3 nitrogen and oxygen atoms in total. The van der Waals surface area contributed by atoms with Gasteiger partial charge in [-0.25, -0.2) is 0 Å². The molecule has 0 saturated carbocycles. The molecular formula is C14H30N2O. The number of morpholine rings is 1. The van der Waals surface area contributed by atoms with E-state index >= 15 is 0 Å². The van der Waals surface area contributed by atoms with Crippen LogP contribution in [0.2, 0.25) is 0 Å². The lowest BCUT2D eigenvalue weighted by Crippen LogP contribution is -2.51. The van der Waals surface area contributed by atoms with Crippen LogP contribution in [0, 0.1) is 0 Å². The van der Waals surface area contributed by atoms with Gasteiger partial charge in [-0.1, -0.05) is 34.1 Å². The maximum Gasteiger partial charge on any atom is 0.0700 e. The summed E-state index contributed by atoms with van der Waals surface area (Å²) in [5, 5.41) is 3.58. The predicted octanol–water partition coefficient (Wildman–Crippen LogP) is 2.26. The van der Waals surface area contributed by atoms with E-state index in [1.165, 1.54) is 12.8 Å². The molecule has 0 radical (unpaired) electrons. The highest BCUT2D eigenvalue weighted by molar-refractivity contribution is 4.79. The molecule has 102 valence electrons. The number of rotatable bonds is 7. The van der Waals surface area contributed by atoms with Gasteiger partial charge < -0.3 is 10.1 Å². The topological polar surface area (TPSA) is 24.5 Å². The molecule has 0 amide bonds. The zero-order valence-electron chi connectivity index (χ0n) is 12.0. The number of hydrogen-bond acceptors (Lipinski definition) is 3. The smallest absolute Gasteiger partial charge is 0.0700 e. The summed E-state index contributed by atoms with van der Waals surface area (Å²) in [5.74, 6) is 0. The van der Waals surface area contributed by atoms with Gasteiger partial charge in [-0.15, -0.1) is 0 Å². The highest BCUT2D eigenvalue weighted by Crippen LogP contribution is 2.14. The Morgan fingerprint density at radius 2 is 2.12 bits per heavy atom. The van der Waals surface area contributed by atoms with Crippen LogP contribution in [0.4, 0.5) is 0 Å². The van der Waals surface area contributed by atoms with E-state index in [1.807, 2.05) is 0 Å². The van der Waals surface area contributed by atoms with E-state index in [2.05, 4.69) is 37.9 Å². The zero-order chi connectivity index (χ0) is 12.7. The lowest BCUT2D eigenvalue weighted by Gasteiger charge is -2.38. The third-order valence-electron chi connectivity index (χ3n) is 3.53. The Morgan fingerprint density at radius 1 is 1.35 bits per heavy atom. The van der Waals surface area contributed by atoms with Crippen molar-refractivity contribution in [1.29, 1.82) is 0 Å². The van der Waals surface area contributed by atoms with Crippen molar-refractivity contribution in [2.75, 3.05) is 26.2 Å². The van der Waals surface area contributed by atoms with Gasteiger partial charge in [-0.2, -0.15) is 0 Å². The molecule has 1 rings (SSSR count). The molecule has 0 aliphatic carbocycles. The second kappa shape index (κ2) is 8.06. The molecule has 1 N–H and O–H groups in total. The number of nitrogens with one attached hydrogen (secondary N) is 1. The van der Waals surface area contributed by atoms with Crippen LogP contribution in [0.3, 0.4) is 0 Å². The van der Waals surface area contributed by atoms with Gasteiger partial charge in [0.05, 0.1) is 12.7 Å². The summed E-state index contributed by atoms with van der Waals surface area (Å²) in [6.07, 6.45) is 4.13. The second-order valence-electron chi connectivity index (χ2n) is 5.40. The summed E-state index contributed by atoms with van der Waals surface area (Å²) in [6, 6.07) is 1.26. The van der Waals surface area contributed by atoms with E-state index in [1.54, 1.807) is 0 Å². The van der Waals surface area contributed by atoms with Gasteiger partial charge in [-0.3, -0.25) is 4.90 Å². The first-order valence-electron chi connectivity index (χ1n) is 7.26. The highest BCUT2D eigenvalue weighted by Gasteiger charge is 2.24. The van der Waals surface area contributed by atoms with Crippen LogP contribution in [-0.2, 0) is 4.74 Å². The van der Waals surface area contributed by atoms with E-state index in [4.69, 9.17) is 4.74 Å². The summed E-state index contributed by atoms with van der Waals surface area (Å²) >= 11 is 0. The molecule has 2 unspecified atom stereocenters. The van der Waals surface area contributed by atoms with Crippen LogP contribution in [0.5, 0.6) is 0 Å². The lowest BCUT2D eigenvalue weighted by molar-refractivity contribution is -0.0454. The van der Waals surface area contributed by atoms with Crippen LogP contribution in [0.15, 0.2) is 0 Å². The Labute approximate surface area is 107 Å². The highest BCUT2D eigenvalue weighted by atomic mass is 16.5. The molecule has 1 aliphatic heterocycles. The first kappa shape index (κ1) is 14.9. The molecule has 17 heavy (non-hydrogen) atoms. The van der Waals surface area contributed by atoms with E-state index in [-0.39, 0.29) is 0 Å². The third-order valence-corrected chi connectivity index (χ3v) is 3.53. The third kappa shape index (κ3) is 5.36. The summed E-state index contributed by atoms with van der Waals surface area (Å²) in [4.78, 5) is 2.62. The molecule has 0 aromatic rings. The standard InChI is InChI=1S/C14H30N2O/c1-5-7-13(10-15-12(3)4)16-8-9-17-14(6-2)11-16/h12-15H,5-11H2,1-4H3. The van der Waals surface area contributed by atoms with Crippen LogP contribution in [0.25, 0.3) is 0 Å². The van der Waals surface area contributed by atoms with Crippen molar-refractivity contribution in [1.82, 2.24) is 10.2 Å². The Balaban J connectivity index is 2.44. The summed E-state index contributed by atoms with van der Waals surface area (Å²) < 4.78 is 5.75. The van der Waals surface area contributed by atoms with Gasteiger partial charge >= 0.3 is 0 Å². The van der Waals surface area contributed by atoms with Crippen molar-refractivity contribution in [3.8, 4) is 0 Å². The van der Waals surface area contributed by atoms with Crippen LogP contribution >= 0.6 is 0 Å². The number of ether oxygens (including phenoxy) is 1. The maximum absolute atomic E-state index is 5.75. The normalized spacial score (nSPS) is 24.2. The van der Waals surface area contributed by atoms with Crippen molar-refractivity contribution in [3.05, 3.63) is 0 Å². The van der Waals surface area contributed by atoms with Gasteiger partial charge in [0.15, 0.2) is 0 Å². The van der Waals surface area contributed by atoms with Crippen LogP contribution in [0.1, 0.15) is 47.0 Å². The van der Waals surface area contributed by atoms with Gasteiger partial charge in [-0.05, 0) is 12.8 Å².